The Morgan fingerprint density at radius 3 is 2.47 bits per heavy atom. The van der Waals surface area contributed by atoms with Gasteiger partial charge in [-0.25, -0.2) is 0 Å². The Morgan fingerprint density at radius 2 is 2.05 bits per heavy atom. The monoisotopic (exact) mass is 282 g/mol. The van der Waals surface area contributed by atoms with E-state index < -0.39 is 18.3 Å². The van der Waals surface area contributed by atoms with Crippen molar-refractivity contribution < 1.29 is 18.3 Å². The van der Waals surface area contributed by atoms with Gasteiger partial charge in [0.1, 0.15) is 0 Å². The minimum atomic E-state index is -4.17. The molecule has 19 heavy (non-hydrogen) atoms. The normalized spacial score (nSPS) is 28.6. The summed E-state index contributed by atoms with van der Waals surface area (Å²) in [5.74, 6) is 0. The van der Waals surface area contributed by atoms with Crippen LogP contribution in [0.1, 0.15) is 40.0 Å². The standard InChI is InChI=1S/C13H25F3N2O/c1-4-17-12(9-19)6-5-11(7-12)18(10(2)3)8-13(14,15)16/h10-11,17,19H,4-9H2,1-3H3. The van der Waals surface area contributed by atoms with Crippen LogP contribution in [0, 0.1) is 0 Å². The first-order chi connectivity index (χ1) is 8.73. The van der Waals surface area contributed by atoms with Crippen LogP contribution in [-0.2, 0) is 0 Å². The molecule has 0 aromatic heterocycles. The number of rotatable bonds is 6. The third-order valence-corrected chi connectivity index (χ3v) is 3.93. The van der Waals surface area contributed by atoms with Crippen molar-refractivity contribution in [2.24, 2.45) is 0 Å². The number of alkyl halides is 3. The first-order valence-corrected chi connectivity index (χ1v) is 6.91. The van der Waals surface area contributed by atoms with Crippen molar-refractivity contribution in [3.8, 4) is 0 Å². The van der Waals surface area contributed by atoms with Crippen molar-refractivity contribution in [3.63, 3.8) is 0 Å². The fourth-order valence-electron chi connectivity index (χ4n) is 3.06. The van der Waals surface area contributed by atoms with Crippen LogP contribution < -0.4 is 5.32 Å². The Labute approximate surface area is 113 Å². The van der Waals surface area contributed by atoms with E-state index in [0.717, 1.165) is 6.42 Å². The molecule has 1 rings (SSSR count). The molecular weight excluding hydrogens is 257 g/mol. The highest BCUT2D eigenvalue weighted by atomic mass is 19.4. The molecule has 0 aromatic carbocycles. The third-order valence-electron chi connectivity index (χ3n) is 3.93. The second-order valence-corrected chi connectivity index (χ2v) is 5.75. The highest BCUT2D eigenvalue weighted by Crippen LogP contribution is 2.35. The number of aliphatic hydroxyl groups excluding tert-OH is 1. The fourth-order valence-corrected chi connectivity index (χ4v) is 3.06. The van der Waals surface area contributed by atoms with Crippen LogP contribution in [0.5, 0.6) is 0 Å². The molecule has 1 saturated carbocycles. The SMILES string of the molecule is CCNC1(CO)CCC(N(CC(F)(F)F)C(C)C)C1. The van der Waals surface area contributed by atoms with Crippen LogP contribution in [0.4, 0.5) is 13.2 Å². The van der Waals surface area contributed by atoms with E-state index >= 15 is 0 Å². The Hall–Kier alpha value is -0.330. The molecule has 3 nitrogen and oxygen atoms in total. The number of hydrogen-bond donors (Lipinski definition) is 2. The molecule has 0 saturated heterocycles. The van der Waals surface area contributed by atoms with Gasteiger partial charge in [0.15, 0.2) is 0 Å². The van der Waals surface area contributed by atoms with Crippen molar-refractivity contribution in [1.82, 2.24) is 10.2 Å². The van der Waals surface area contributed by atoms with Crippen molar-refractivity contribution >= 4 is 0 Å². The van der Waals surface area contributed by atoms with Gasteiger partial charge in [0.25, 0.3) is 0 Å². The molecule has 114 valence electrons. The summed E-state index contributed by atoms with van der Waals surface area (Å²) in [7, 11) is 0. The lowest BCUT2D eigenvalue weighted by atomic mass is 9.98. The molecule has 0 amide bonds. The van der Waals surface area contributed by atoms with Gasteiger partial charge >= 0.3 is 6.18 Å². The van der Waals surface area contributed by atoms with Crippen LogP contribution in [0.2, 0.25) is 0 Å². The van der Waals surface area contributed by atoms with E-state index in [2.05, 4.69) is 5.32 Å². The number of halogens is 3. The Morgan fingerprint density at radius 1 is 1.42 bits per heavy atom. The Balaban J connectivity index is 2.73. The molecule has 0 aliphatic heterocycles. The van der Waals surface area contributed by atoms with Gasteiger partial charge in [-0.2, -0.15) is 13.2 Å². The molecule has 0 spiro atoms. The van der Waals surface area contributed by atoms with Gasteiger partial charge < -0.3 is 10.4 Å². The van der Waals surface area contributed by atoms with E-state index in [1.165, 1.54) is 4.90 Å². The average Bonchev–Trinajstić information content (AvgIpc) is 2.70. The van der Waals surface area contributed by atoms with E-state index in [4.69, 9.17) is 0 Å². The maximum Gasteiger partial charge on any atom is 0.401 e. The molecular formula is C13H25F3N2O. The zero-order chi connectivity index (χ0) is 14.7. The zero-order valence-electron chi connectivity index (χ0n) is 11.9. The second kappa shape index (κ2) is 6.41. The second-order valence-electron chi connectivity index (χ2n) is 5.75. The maximum atomic E-state index is 12.6. The van der Waals surface area contributed by atoms with E-state index in [-0.39, 0.29) is 18.7 Å². The minimum Gasteiger partial charge on any atom is -0.394 e. The summed E-state index contributed by atoms with van der Waals surface area (Å²) in [5.41, 5.74) is -0.405. The van der Waals surface area contributed by atoms with Crippen LogP contribution in [0.15, 0.2) is 0 Å². The van der Waals surface area contributed by atoms with Crippen molar-refractivity contribution in [3.05, 3.63) is 0 Å². The van der Waals surface area contributed by atoms with Gasteiger partial charge in [-0.15, -0.1) is 0 Å². The largest absolute Gasteiger partial charge is 0.401 e. The molecule has 2 unspecified atom stereocenters. The number of hydrogen-bond acceptors (Lipinski definition) is 3. The summed E-state index contributed by atoms with van der Waals surface area (Å²) in [6.07, 6.45) is -2.18. The fraction of sp³-hybridized carbons (Fsp3) is 1.00. The van der Waals surface area contributed by atoms with E-state index in [1.54, 1.807) is 13.8 Å². The van der Waals surface area contributed by atoms with E-state index in [0.29, 0.717) is 19.4 Å². The van der Waals surface area contributed by atoms with Crippen LogP contribution in [-0.4, -0.2) is 53.5 Å². The molecule has 2 atom stereocenters. The number of nitrogens with zero attached hydrogens (tertiary/aromatic N) is 1. The molecule has 2 N–H and O–H groups in total. The molecule has 1 aliphatic carbocycles. The highest BCUT2D eigenvalue weighted by molar-refractivity contribution is 5.00. The van der Waals surface area contributed by atoms with Gasteiger partial charge in [-0.3, -0.25) is 4.90 Å². The molecule has 0 aromatic rings. The molecule has 1 aliphatic rings. The lowest BCUT2D eigenvalue weighted by molar-refractivity contribution is -0.155. The van der Waals surface area contributed by atoms with Gasteiger partial charge in [-0.1, -0.05) is 6.92 Å². The predicted octanol–water partition coefficient (Wildman–Crippen LogP) is 2.15. The van der Waals surface area contributed by atoms with Crippen molar-refractivity contribution in [1.29, 1.82) is 0 Å². The molecule has 0 bridgehead atoms. The van der Waals surface area contributed by atoms with Crippen LogP contribution in [0.25, 0.3) is 0 Å². The first kappa shape index (κ1) is 16.7. The smallest absolute Gasteiger partial charge is 0.394 e. The third kappa shape index (κ3) is 4.61. The Bertz CT molecular complexity index is 284. The molecule has 6 heteroatoms. The van der Waals surface area contributed by atoms with Crippen LogP contribution in [0.3, 0.4) is 0 Å². The molecule has 0 heterocycles. The summed E-state index contributed by atoms with van der Waals surface area (Å²) in [4.78, 5) is 1.51. The average molecular weight is 282 g/mol. The lowest BCUT2D eigenvalue weighted by Gasteiger charge is -2.35. The number of likely N-dealkylation sites (N-methyl/N-ethyl adjacent to an activating group) is 1. The zero-order valence-corrected chi connectivity index (χ0v) is 11.9. The Kier molecular flexibility index (Phi) is 5.65. The summed E-state index contributed by atoms with van der Waals surface area (Å²) in [6.45, 7) is 5.35. The highest BCUT2D eigenvalue weighted by Gasteiger charge is 2.43. The van der Waals surface area contributed by atoms with E-state index in [9.17, 15) is 18.3 Å². The van der Waals surface area contributed by atoms with Crippen molar-refractivity contribution in [2.45, 2.75) is 63.8 Å². The van der Waals surface area contributed by atoms with Gasteiger partial charge in [0.2, 0.25) is 0 Å². The first-order valence-electron chi connectivity index (χ1n) is 6.91. The van der Waals surface area contributed by atoms with Crippen LogP contribution >= 0.6 is 0 Å². The number of aliphatic hydroxyl groups is 1. The van der Waals surface area contributed by atoms with Gasteiger partial charge in [0.05, 0.1) is 13.2 Å². The minimum absolute atomic E-state index is 0.0186. The summed E-state index contributed by atoms with van der Waals surface area (Å²) >= 11 is 0. The van der Waals surface area contributed by atoms with Crippen molar-refractivity contribution in [2.75, 3.05) is 19.7 Å². The van der Waals surface area contributed by atoms with Gasteiger partial charge in [-0.05, 0) is 39.7 Å². The quantitative estimate of drug-likeness (QED) is 0.783. The maximum absolute atomic E-state index is 12.6. The topological polar surface area (TPSA) is 35.5 Å². The molecule has 1 fully saturated rings. The number of nitrogens with one attached hydrogen (secondary N) is 1. The summed E-state index contributed by atoms with van der Waals surface area (Å²) in [6, 6.07) is -0.268. The van der Waals surface area contributed by atoms with E-state index in [1.807, 2.05) is 6.92 Å². The lowest BCUT2D eigenvalue weighted by Crippen LogP contribution is -2.50. The van der Waals surface area contributed by atoms with Gasteiger partial charge in [0, 0.05) is 17.6 Å². The summed E-state index contributed by atoms with van der Waals surface area (Å²) < 4.78 is 37.9. The molecule has 0 radical (unpaired) electrons. The summed E-state index contributed by atoms with van der Waals surface area (Å²) in [5, 5.41) is 12.8. The predicted molar refractivity (Wildman–Crippen MR) is 69.0 cm³/mol.